The molecule has 0 saturated carbocycles. The second kappa shape index (κ2) is 4.38. The minimum absolute atomic E-state index is 0.106. The molecule has 1 unspecified atom stereocenters. The quantitative estimate of drug-likeness (QED) is 0.459. The average molecular weight is 147 g/mol. The van der Waals surface area contributed by atoms with Crippen LogP contribution in [0.15, 0.2) is 0 Å². The van der Waals surface area contributed by atoms with Crippen LogP contribution >= 0.6 is 0 Å². The van der Waals surface area contributed by atoms with E-state index >= 15 is 0 Å². The van der Waals surface area contributed by atoms with Crippen molar-refractivity contribution in [3.8, 4) is 0 Å². The molecular weight excluding hydrogens is 134 g/mol. The molecule has 0 aliphatic carbocycles. The number of hydrogen-bond acceptors (Lipinski definition) is 4. The van der Waals surface area contributed by atoms with Gasteiger partial charge < -0.3 is 15.9 Å². The van der Waals surface area contributed by atoms with Gasteiger partial charge in [-0.05, 0) is 13.3 Å². The standard InChI is InChI=1S/C6H13NO3/c1-4(9)6(10)5(7)2-3-8/h5-6,8,10H,2-3,7H2,1H3/t5?,6-/m1/s1. The van der Waals surface area contributed by atoms with Gasteiger partial charge in [-0.25, -0.2) is 0 Å². The number of aliphatic hydroxyl groups excluding tert-OH is 2. The van der Waals surface area contributed by atoms with Crippen molar-refractivity contribution in [3.63, 3.8) is 0 Å². The molecule has 0 aliphatic rings. The van der Waals surface area contributed by atoms with Crippen molar-refractivity contribution < 1.29 is 15.0 Å². The first kappa shape index (κ1) is 9.55. The summed E-state index contributed by atoms with van der Waals surface area (Å²) in [7, 11) is 0. The van der Waals surface area contributed by atoms with Gasteiger partial charge in [0.25, 0.3) is 0 Å². The van der Waals surface area contributed by atoms with Crippen LogP contribution in [0.4, 0.5) is 0 Å². The molecule has 4 nitrogen and oxygen atoms in total. The highest BCUT2D eigenvalue weighted by molar-refractivity contribution is 5.80. The zero-order valence-electron chi connectivity index (χ0n) is 5.95. The van der Waals surface area contributed by atoms with E-state index in [-0.39, 0.29) is 18.8 Å². The maximum atomic E-state index is 10.4. The van der Waals surface area contributed by atoms with E-state index in [1.807, 2.05) is 0 Å². The van der Waals surface area contributed by atoms with E-state index in [1.54, 1.807) is 0 Å². The molecule has 0 saturated heterocycles. The predicted molar refractivity (Wildman–Crippen MR) is 36.4 cm³/mol. The first-order chi connectivity index (χ1) is 4.59. The molecule has 0 fully saturated rings. The van der Waals surface area contributed by atoms with E-state index < -0.39 is 12.1 Å². The minimum Gasteiger partial charge on any atom is -0.396 e. The maximum absolute atomic E-state index is 10.4. The fourth-order valence-electron chi connectivity index (χ4n) is 0.608. The number of rotatable bonds is 4. The Morgan fingerprint density at radius 2 is 2.20 bits per heavy atom. The molecule has 0 aromatic rings. The number of hydrogen-bond donors (Lipinski definition) is 3. The van der Waals surface area contributed by atoms with E-state index in [4.69, 9.17) is 15.9 Å². The summed E-state index contributed by atoms with van der Waals surface area (Å²) in [5.41, 5.74) is 5.30. The van der Waals surface area contributed by atoms with Gasteiger partial charge >= 0.3 is 0 Å². The number of aliphatic hydroxyl groups is 2. The van der Waals surface area contributed by atoms with Crippen molar-refractivity contribution in [2.24, 2.45) is 5.73 Å². The highest BCUT2D eigenvalue weighted by atomic mass is 16.3. The minimum atomic E-state index is -1.13. The van der Waals surface area contributed by atoms with Crippen LogP contribution in [-0.2, 0) is 4.79 Å². The van der Waals surface area contributed by atoms with Crippen molar-refractivity contribution >= 4 is 5.78 Å². The topological polar surface area (TPSA) is 83.5 Å². The van der Waals surface area contributed by atoms with Crippen molar-refractivity contribution in [1.29, 1.82) is 0 Å². The largest absolute Gasteiger partial charge is 0.396 e. The summed E-state index contributed by atoms with van der Waals surface area (Å²) in [4.78, 5) is 10.4. The van der Waals surface area contributed by atoms with Crippen LogP contribution < -0.4 is 5.73 Å². The Bertz CT molecular complexity index is 116. The van der Waals surface area contributed by atoms with Crippen molar-refractivity contribution in [2.45, 2.75) is 25.5 Å². The molecule has 10 heavy (non-hydrogen) atoms. The van der Waals surface area contributed by atoms with Crippen molar-refractivity contribution in [1.82, 2.24) is 0 Å². The molecular formula is C6H13NO3. The fraction of sp³-hybridized carbons (Fsp3) is 0.833. The lowest BCUT2D eigenvalue weighted by atomic mass is 10.1. The van der Waals surface area contributed by atoms with E-state index in [1.165, 1.54) is 6.92 Å². The molecule has 2 atom stereocenters. The number of nitrogens with two attached hydrogens (primary N) is 1. The Morgan fingerprint density at radius 3 is 2.50 bits per heavy atom. The maximum Gasteiger partial charge on any atom is 0.159 e. The summed E-state index contributed by atoms with van der Waals surface area (Å²) in [5, 5.41) is 17.3. The summed E-state index contributed by atoms with van der Waals surface area (Å²) >= 11 is 0. The van der Waals surface area contributed by atoms with Gasteiger partial charge in [-0.3, -0.25) is 4.79 Å². The van der Waals surface area contributed by atoms with Crippen molar-refractivity contribution in [3.05, 3.63) is 0 Å². The number of carbonyl (C=O) groups excluding carboxylic acids is 1. The lowest BCUT2D eigenvalue weighted by Crippen LogP contribution is -2.39. The Hall–Kier alpha value is -0.450. The van der Waals surface area contributed by atoms with Gasteiger partial charge in [-0.15, -0.1) is 0 Å². The molecule has 0 bridgehead atoms. The van der Waals surface area contributed by atoms with E-state index in [0.29, 0.717) is 0 Å². The Labute approximate surface area is 59.7 Å². The second-order valence-electron chi connectivity index (χ2n) is 2.23. The molecule has 60 valence electrons. The molecule has 0 aromatic carbocycles. The van der Waals surface area contributed by atoms with Gasteiger partial charge in [0.2, 0.25) is 0 Å². The SMILES string of the molecule is CC(=O)[C@@H](O)C(N)CCO. The molecule has 4 heteroatoms. The molecule has 0 heterocycles. The van der Waals surface area contributed by atoms with E-state index in [9.17, 15) is 4.79 Å². The summed E-state index contributed by atoms with van der Waals surface area (Å²) in [6, 6.07) is -0.637. The Morgan fingerprint density at radius 1 is 1.70 bits per heavy atom. The van der Waals surface area contributed by atoms with Crippen LogP contribution in [0, 0.1) is 0 Å². The zero-order valence-corrected chi connectivity index (χ0v) is 5.95. The van der Waals surface area contributed by atoms with Gasteiger partial charge in [-0.2, -0.15) is 0 Å². The van der Waals surface area contributed by atoms with Gasteiger partial charge in [-0.1, -0.05) is 0 Å². The van der Waals surface area contributed by atoms with Gasteiger partial charge in [0, 0.05) is 12.6 Å². The monoisotopic (exact) mass is 147 g/mol. The average Bonchev–Trinajstić information content (AvgIpc) is 1.87. The molecule has 0 radical (unpaired) electrons. The van der Waals surface area contributed by atoms with Crippen LogP contribution in [0.2, 0.25) is 0 Å². The second-order valence-corrected chi connectivity index (χ2v) is 2.23. The molecule has 0 aromatic heterocycles. The third-order valence-corrected chi connectivity index (χ3v) is 1.28. The molecule has 0 aliphatic heterocycles. The summed E-state index contributed by atoms with van der Waals surface area (Å²) < 4.78 is 0. The third-order valence-electron chi connectivity index (χ3n) is 1.28. The van der Waals surface area contributed by atoms with E-state index in [2.05, 4.69) is 0 Å². The fourth-order valence-corrected chi connectivity index (χ4v) is 0.608. The highest BCUT2D eigenvalue weighted by Crippen LogP contribution is 1.95. The summed E-state index contributed by atoms with van der Waals surface area (Å²) in [6.07, 6.45) is -0.882. The van der Waals surface area contributed by atoms with Gasteiger partial charge in [0.15, 0.2) is 5.78 Å². The van der Waals surface area contributed by atoms with E-state index in [0.717, 1.165) is 0 Å². The summed E-state index contributed by atoms with van der Waals surface area (Å²) in [5.74, 6) is -0.360. The van der Waals surface area contributed by atoms with Crippen LogP contribution in [0.1, 0.15) is 13.3 Å². The predicted octanol–water partition coefficient (Wildman–Crippen LogP) is -1.35. The summed E-state index contributed by atoms with van der Waals surface area (Å²) in [6.45, 7) is 1.16. The van der Waals surface area contributed by atoms with Crippen LogP contribution in [0.5, 0.6) is 0 Å². The number of carbonyl (C=O) groups is 1. The molecule has 4 N–H and O–H groups in total. The number of Topliss-reactive ketones (excluding diaryl/α,β-unsaturated/α-hetero) is 1. The Balaban J connectivity index is 3.69. The van der Waals surface area contributed by atoms with Crippen LogP contribution in [0.3, 0.4) is 0 Å². The molecule has 0 spiro atoms. The molecule has 0 rings (SSSR count). The van der Waals surface area contributed by atoms with Crippen LogP contribution in [-0.4, -0.2) is 34.7 Å². The third kappa shape index (κ3) is 2.91. The Kier molecular flexibility index (Phi) is 4.18. The smallest absolute Gasteiger partial charge is 0.159 e. The first-order valence-corrected chi connectivity index (χ1v) is 3.14. The zero-order chi connectivity index (χ0) is 8.15. The lowest BCUT2D eigenvalue weighted by molar-refractivity contribution is -0.126. The first-order valence-electron chi connectivity index (χ1n) is 3.14. The van der Waals surface area contributed by atoms with Crippen LogP contribution in [0.25, 0.3) is 0 Å². The highest BCUT2D eigenvalue weighted by Gasteiger charge is 2.17. The normalized spacial score (nSPS) is 16.4. The van der Waals surface area contributed by atoms with Gasteiger partial charge in [0.1, 0.15) is 6.10 Å². The van der Waals surface area contributed by atoms with Gasteiger partial charge in [0.05, 0.1) is 0 Å². The number of ketones is 1. The van der Waals surface area contributed by atoms with Crippen molar-refractivity contribution in [2.75, 3.05) is 6.61 Å². The lowest BCUT2D eigenvalue weighted by Gasteiger charge is -2.13. The molecule has 0 amide bonds.